The molecule has 0 aliphatic rings. The van der Waals surface area contributed by atoms with E-state index in [-0.39, 0.29) is 6.04 Å². The first-order valence-electron chi connectivity index (χ1n) is 6.26. The summed E-state index contributed by atoms with van der Waals surface area (Å²) in [6, 6.07) is 11.8. The monoisotopic (exact) mass is 252 g/mol. The molecule has 1 atom stereocenters. The van der Waals surface area contributed by atoms with Gasteiger partial charge in [0, 0.05) is 18.6 Å². The molecule has 2 aromatic heterocycles. The maximum Gasteiger partial charge on any atom is 0.0919 e. The lowest BCUT2D eigenvalue weighted by atomic mass is 10.0. The minimum atomic E-state index is -0.287. The first kappa shape index (κ1) is 11.9. The second-order valence-electron chi connectivity index (χ2n) is 4.77. The number of aryl methyl sites for hydroxylation is 2. The van der Waals surface area contributed by atoms with Crippen LogP contribution >= 0.6 is 0 Å². The number of nitrogens with two attached hydrogens (primary N) is 1. The third-order valence-corrected chi connectivity index (χ3v) is 3.31. The van der Waals surface area contributed by atoms with E-state index in [4.69, 9.17) is 5.73 Å². The van der Waals surface area contributed by atoms with Crippen LogP contribution in [0.15, 0.2) is 42.6 Å². The molecule has 1 unspecified atom stereocenters. The quantitative estimate of drug-likeness (QED) is 0.761. The Labute approximate surface area is 111 Å². The van der Waals surface area contributed by atoms with Gasteiger partial charge in [0.05, 0.1) is 22.9 Å². The molecule has 2 heterocycles. The molecule has 0 radical (unpaired) electrons. The molecule has 0 aliphatic carbocycles. The smallest absolute Gasteiger partial charge is 0.0919 e. The van der Waals surface area contributed by atoms with Crippen LogP contribution < -0.4 is 5.73 Å². The molecule has 3 aromatic rings. The third-order valence-electron chi connectivity index (χ3n) is 3.31. The SMILES string of the molecule is Cc1cc(C(N)c2ccn(C)n2)nc2ccccc12. The van der Waals surface area contributed by atoms with Gasteiger partial charge in [0.2, 0.25) is 0 Å². The molecular weight excluding hydrogens is 236 g/mol. The van der Waals surface area contributed by atoms with Crippen LogP contribution in [0.4, 0.5) is 0 Å². The van der Waals surface area contributed by atoms with Crippen molar-refractivity contribution in [3.8, 4) is 0 Å². The topological polar surface area (TPSA) is 56.7 Å². The number of hydrogen-bond acceptors (Lipinski definition) is 3. The van der Waals surface area contributed by atoms with E-state index in [0.717, 1.165) is 16.9 Å². The number of nitrogens with zero attached hydrogens (tertiary/aromatic N) is 3. The Bertz CT molecular complexity index is 730. The molecule has 2 N–H and O–H groups in total. The van der Waals surface area contributed by atoms with Crippen LogP contribution in [0.1, 0.15) is 23.0 Å². The predicted molar refractivity (Wildman–Crippen MR) is 75.7 cm³/mol. The molecule has 0 saturated heterocycles. The van der Waals surface area contributed by atoms with Gasteiger partial charge in [-0.15, -0.1) is 0 Å². The van der Waals surface area contributed by atoms with Crippen LogP contribution in [0.3, 0.4) is 0 Å². The highest BCUT2D eigenvalue weighted by Crippen LogP contribution is 2.22. The Kier molecular flexibility index (Phi) is 2.80. The maximum atomic E-state index is 6.25. The van der Waals surface area contributed by atoms with Crippen molar-refractivity contribution in [3.63, 3.8) is 0 Å². The number of rotatable bonds is 2. The summed E-state index contributed by atoms with van der Waals surface area (Å²) in [5, 5.41) is 5.51. The summed E-state index contributed by atoms with van der Waals surface area (Å²) in [5.41, 5.74) is 10.1. The number of aromatic nitrogens is 3. The van der Waals surface area contributed by atoms with E-state index < -0.39 is 0 Å². The van der Waals surface area contributed by atoms with E-state index in [2.05, 4.69) is 23.1 Å². The Morgan fingerprint density at radius 2 is 1.95 bits per heavy atom. The molecule has 0 amide bonds. The average molecular weight is 252 g/mol. The van der Waals surface area contributed by atoms with Crippen molar-refractivity contribution < 1.29 is 0 Å². The van der Waals surface area contributed by atoms with Gasteiger partial charge < -0.3 is 5.73 Å². The van der Waals surface area contributed by atoms with Gasteiger partial charge in [0.25, 0.3) is 0 Å². The maximum absolute atomic E-state index is 6.25. The minimum absolute atomic E-state index is 0.287. The fourth-order valence-electron chi connectivity index (χ4n) is 2.29. The molecule has 96 valence electrons. The van der Waals surface area contributed by atoms with Gasteiger partial charge in [-0.25, -0.2) is 0 Å². The Morgan fingerprint density at radius 1 is 1.16 bits per heavy atom. The number of pyridine rings is 1. The van der Waals surface area contributed by atoms with E-state index in [0.29, 0.717) is 0 Å². The van der Waals surface area contributed by atoms with E-state index >= 15 is 0 Å². The molecule has 0 spiro atoms. The molecular formula is C15H16N4. The Hall–Kier alpha value is -2.20. The highest BCUT2D eigenvalue weighted by molar-refractivity contribution is 5.82. The number of fused-ring (bicyclic) bond motifs is 1. The molecule has 19 heavy (non-hydrogen) atoms. The van der Waals surface area contributed by atoms with Crippen molar-refractivity contribution >= 4 is 10.9 Å². The lowest BCUT2D eigenvalue weighted by molar-refractivity contribution is 0.708. The Balaban J connectivity index is 2.10. The van der Waals surface area contributed by atoms with Crippen LogP contribution in [-0.4, -0.2) is 14.8 Å². The minimum Gasteiger partial charge on any atom is -0.318 e. The fraction of sp³-hybridized carbons (Fsp3) is 0.200. The Morgan fingerprint density at radius 3 is 2.68 bits per heavy atom. The van der Waals surface area contributed by atoms with Gasteiger partial charge >= 0.3 is 0 Å². The fourth-order valence-corrected chi connectivity index (χ4v) is 2.29. The number of hydrogen-bond donors (Lipinski definition) is 1. The normalized spacial score (nSPS) is 12.8. The van der Waals surface area contributed by atoms with Crippen molar-refractivity contribution in [2.24, 2.45) is 12.8 Å². The van der Waals surface area contributed by atoms with E-state index in [1.165, 1.54) is 10.9 Å². The first-order valence-corrected chi connectivity index (χ1v) is 6.26. The summed E-state index contributed by atoms with van der Waals surface area (Å²) < 4.78 is 1.75. The van der Waals surface area contributed by atoms with Crippen molar-refractivity contribution in [2.75, 3.05) is 0 Å². The lowest BCUT2D eigenvalue weighted by Gasteiger charge is -2.11. The van der Waals surface area contributed by atoms with Gasteiger partial charge in [-0.2, -0.15) is 5.10 Å². The van der Waals surface area contributed by atoms with Crippen LogP contribution in [0.5, 0.6) is 0 Å². The number of benzene rings is 1. The summed E-state index contributed by atoms with van der Waals surface area (Å²) in [5.74, 6) is 0. The second kappa shape index (κ2) is 4.48. The van der Waals surface area contributed by atoms with Gasteiger partial charge in [-0.05, 0) is 30.7 Å². The molecule has 0 saturated carbocycles. The van der Waals surface area contributed by atoms with E-state index in [1.54, 1.807) is 4.68 Å². The molecule has 3 rings (SSSR count). The van der Waals surface area contributed by atoms with Crippen LogP contribution in [0.2, 0.25) is 0 Å². The zero-order chi connectivity index (χ0) is 13.4. The van der Waals surface area contributed by atoms with Crippen molar-refractivity contribution in [2.45, 2.75) is 13.0 Å². The van der Waals surface area contributed by atoms with Crippen LogP contribution in [0.25, 0.3) is 10.9 Å². The van der Waals surface area contributed by atoms with Gasteiger partial charge in [0.15, 0.2) is 0 Å². The highest BCUT2D eigenvalue weighted by atomic mass is 15.3. The molecule has 0 fully saturated rings. The summed E-state index contributed by atoms with van der Waals surface area (Å²) >= 11 is 0. The lowest BCUT2D eigenvalue weighted by Crippen LogP contribution is -2.15. The predicted octanol–water partition coefficient (Wildman–Crippen LogP) is 2.32. The highest BCUT2D eigenvalue weighted by Gasteiger charge is 2.14. The van der Waals surface area contributed by atoms with Crippen LogP contribution in [0, 0.1) is 6.92 Å². The zero-order valence-electron chi connectivity index (χ0n) is 11.0. The summed E-state index contributed by atoms with van der Waals surface area (Å²) in [7, 11) is 1.88. The van der Waals surface area contributed by atoms with Crippen molar-refractivity contribution in [3.05, 3.63) is 59.5 Å². The molecule has 1 aromatic carbocycles. The van der Waals surface area contributed by atoms with Gasteiger partial charge in [0.1, 0.15) is 0 Å². The average Bonchev–Trinajstić information content (AvgIpc) is 2.84. The zero-order valence-corrected chi connectivity index (χ0v) is 11.0. The van der Waals surface area contributed by atoms with Gasteiger partial charge in [-0.1, -0.05) is 18.2 Å². The summed E-state index contributed by atoms with van der Waals surface area (Å²) in [6.45, 7) is 2.08. The molecule has 0 bridgehead atoms. The largest absolute Gasteiger partial charge is 0.318 e. The number of para-hydroxylation sites is 1. The summed E-state index contributed by atoms with van der Waals surface area (Å²) in [6.07, 6.45) is 1.89. The van der Waals surface area contributed by atoms with E-state index in [1.807, 2.05) is 43.6 Å². The molecule has 0 aliphatic heterocycles. The van der Waals surface area contributed by atoms with Crippen LogP contribution in [-0.2, 0) is 7.05 Å². The van der Waals surface area contributed by atoms with Crippen molar-refractivity contribution in [1.82, 2.24) is 14.8 Å². The molecule has 4 heteroatoms. The standard InChI is InChI=1S/C15H16N4/c1-10-9-14(15(16)13-7-8-19(2)18-13)17-12-6-4-3-5-11(10)12/h3-9,15H,16H2,1-2H3. The molecule has 4 nitrogen and oxygen atoms in total. The first-order chi connectivity index (χ1) is 9.15. The third kappa shape index (κ3) is 2.11. The van der Waals surface area contributed by atoms with E-state index in [9.17, 15) is 0 Å². The van der Waals surface area contributed by atoms with Gasteiger partial charge in [-0.3, -0.25) is 9.67 Å². The second-order valence-corrected chi connectivity index (χ2v) is 4.77. The summed E-state index contributed by atoms with van der Waals surface area (Å²) in [4.78, 5) is 4.65. The van der Waals surface area contributed by atoms with Crippen molar-refractivity contribution in [1.29, 1.82) is 0 Å².